The summed E-state index contributed by atoms with van der Waals surface area (Å²) < 4.78 is 0. The minimum atomic E-state index is -0.875. The fourth-order valence-corrected chi connectivity index (χ4v) is 1.94. The molecule has 0 amide bonds. The quantitative estimate of drug-likeness (QED) is 0.874. The predicted molar refractivity (Wildman–Crippen MR) is 68.7 cm³/mol. The van der Waals surface area contributed by atoms with E-state index in [0.717, 1.165) is 16.7 Å². The summed E-state index contributed by atoms with van der Waals surface area (Å²) in [6, 6.07) is 12.0. The molecule has 1 unspecified atom stereocenters. The second kappa shape index (κ2) is 4.68. The zero-order valence-electron chi connectivity index (χ0n) is 10.2. The van der Waals surface area contributed by atoms with Gasteiger partial charge in [0, 0.05) is 24.4 Å². The van der Waals surface area contributed by atoms with E-state index in [9.17, 15) is 5.11 Å². The van der Waals surface area contributed by atoms with Gasteiger partial charge in [-0.05, 0) is 25.0 Å². The van der Waals surface area contributed by atoms with Gasteiger partial charge in [-0.3, -0.25) is 4.98 Å². The molecular formula is C15H17NO. The number of hydrogen-bond acceptors (Lipinski definition) is 2. The van der Waals surface area contributed by atoms with Gasteiger partial charge in [0.2, 0.25) is 0 Å². The summed E-state index contributed by atoms with van der Waals surface area (Å²) in [6.07, 6.45) is 4.12. The fourth-order valence-electron chi connectivity index (χ4n) is 1.94. The first-order valence-corrected chi connectivity index (χ1v) is 5.76. The molecule has 1 aromatic carbocycles. The van der Waals surface area contributed by atoms with Crippen molar-refractivity contribution in [2.24, 2.45) is 0 Å². The number of hydrogen-bond donors (Lipinski definition) is 1. The van der Waals surface area contributed by atoms with Gasteiger partial charge in [0.25, 0.3) is 0 Å². The number of rotatable bonds is 3. The van der Waals surface area contributed by atoms with Gasteiger partial charge in [-0.15, -0.1) is 0 Å². The lowest BCUT2D eigenvalue weighted by Crippen LogP contribution is -2.24. The standard InChI is InChI=1S/C15H17NO/c1-12-8-14(11-16-10-12)15(2,17)9-13-6-4-3-5-7-13/h3-8,10-11,17H,9H2,1-2H3. The zero-order chi connectivity index (χ0) is 12.3. The number of aliphatic hydroxyl groups is 1. The number of aryl methyl sites for hydroxylation is 1. The molecule has 2 rings (SSSR count). The van der Waals surface area contributed by atoms with E-state index >= 15 is 0 Å². The fraction of sp³-hybridized carbons (Fsp3) is 0.267. The summed E-state index contributed by atoms with van der Waals surface area (Å²) in [5, 5.41) is 10.5. The third-order valence-electron chi connectivity index (χ3n) is 2.89. The van der Waals surface area contributed by atoms with Crippen LogP contribution in [0.2, 0.25) is 0 Å². The predicted octanol–water partition coefficient (Wildman–Crippen LogP) is 2.84. The van der Waals surface area contributed by atoms with Crippen molar-refractivity contribution < 1.29 is 5.11 Å². The van der Waals surface area contributed by atoms with Gasteiger partial charge in [-0.25, -0.2) is 0 Å². The largest absolute Gasteiger partial charge is 0.385 e. The van der Waals surface area contributed by atoms with Gasteiger partial charge in [-0.1, -0.05) is 36.4 Å². The molecular weight excluding hydrogens is 210 g/mol. The molecule has 2 nitrogen and oxygen atoms in total. The molecule has 0 spiro atoms. The number of benzene rings is 1. The van der Waals surface area contributed by atoms with Gasteiger partial charge in [0.15, 0.2) is 0 Å². The average molecular weight is 227 g/mol. The highest BCUT2D eigenvalue weighted by Crippen LogP contribution is 2.25. The summed E-state index contributed by atoms with van der Waals surface area (Å²) in [5.74, 6) is 0. The van der Waals surface area contributed by atoms with Crippen molar-refractivity contribution in [1.82, 2.24) is 4.98 Å². The monoisotopic (exact) mass is 227 g/mol. The van der Waals surface area contributed by atoms with Crippen LogP contribution in [0, 0.1) is 6.92 Å². The van der Waals surface area contributed by atoms with Crippen molar-refractivity contribution in [2.75, 3.05) is 0 Å². The smallest absolute Gasteiger partial charge is 0.0923 e. The van der Waals surface area contributed by atoms with Gasteiger partial charge in [0.1, 0.15) is 0 Å². The van der Waals surface area contributed by atoms with E-state index in [1.165, 1.54) is 0 Å². The molecule has 0 aliphatic carbocycles. The van der Waals surface area contributed by atoms with Crippen LogP contribution in [-0.4, -0.2) is 10.1 Å². The van der Waals surface area contributed by atoms with E-state index in [0.29, 0.717) is 6.42 Å². The molecule has 2 heteroatoms. The normalized spacial score (nSPS) is 14.3. The maximum atomic E-state index is 10.5. The zero-order valence-corrected chi connectivity index (χ0v) is 10.2. The van der Waals surface area contributed by atoms with Crippen LogP contribution < -0.4 is 0 Å². The number of aromatic nitrogens is 1. The van der Waals surface area contributed by atoms with Gasteiger partial charge >= 0.3 is 0 Å². The van der Waals surface area contributed by atoms with Crippen LogP contribution in [0.3, 0.4) is 0 Å². The summed E-state index contributed by atoms with van der Waals surface area (Å²) >= 11 is 0. The molecule has 17 heavy (non-hydrogen) atoms. The summed E-state index contributed by atoms with van der Waals surface area (Å²) in [7, 11) is 0. The molecule has 88 valence electrons. The van der Waals surface area contributed by atoms with E-state index in [1.807, 2.05) is 50.2 Å². The number of nitrogens with zero attached hydrogens (tertiary/aromatic N) is 1. The Hall–Kier alpha value is -1.67. The maximum absolute atomic E-state index is 10.5. The summed E-state index contributed by atoms with van der Waals surface area (Å²) in [6.45, 7) is 3.81. The molecule has 2 aromatic rings. The van der Waals surface area contributed by atoms with Crippen molar-refractivity contribution >= 4 is 0 Å². The SMILES string of the molecule is Cc1cncc(C(C)(O)Cc2ccccc2)c1. The summed E-state index contributed by atoms with van der Waals surface area (Å²) in [4.78, 5) is 4.13. The Bertz CT molecular complexity index is 491. The van der Waals surface area contributed by atoms with Gasteiger partial charge in [-0.2, -0.15) is 0 Å². The van der Waals surface area contributed by atoms with E-state index in [2.05, 4.69) is 4.98 Å². The lowest BCUT2D eigenvalue weighted by Gasteiger charge is -2.24. The molecule has 0 bridgehead atoms. The Morgan fingerprint density at radius 2 is 1.88 bits per heavy atom. The average Bonchev–Trinajstić information content (AvgIpc) is 2.30. The molecule has 1 atom stereocenters. The Morgan fingerprint density at radius 3 is 2.53 bits per heavy atom. The highest BCUT2D eigenvalue weighted by atomic mass is 16.3. The van der Waals surface area contributed by atoms with Crippen LogP contribution in [-0.2, 0) is 12.0 Å². The van der Waals surface area contributed by atoms with Crippen molar-refractivity contribution in [1.29, 1.82) is 0 Å². The second-order valence-electron chi connectivity index (χ2n) is 4.69. The minimum absolute atomic E-state index is 0.596. The van der Waals surface area contributed by atoms with E-state index in [-0.39, 0.29) is 0 Å². The van der Waals surface area contributed by atoms with Crippen LogP contribution >= 0.6 is 0 Å². The molecule has 1 heterocycles. The maximum Gasteiger partial charge on any atom is 0.0923 e. The molecule has 1 aromatic heterocycles. The Labute approximate surface area is 102 Å². The van der Waals surface area contributed by atoms with Gasteiger partial charge in [0.05, 0.1) is 5.60 Å². The van der Waals surface area contributed by atoms with Crippen LogP contribution in [0.15, 0.2) is 48.8 Å². The van der Waals surface area contributed by atoms with Crippen LogP contribution in [0.5, 0.6) is 0 Å². The Balaban J connectivity index is 2.25. The van der Waals surface area contributed by atoms with E-state index in [1.54, 1.807) is 12.4 Å². The van der Waals surface area contributed by atoms with Crippen LogP contribution in [0.1, 0.15) is 23.6 Å². The summed E-state index contributed by atoms with van der Waals surface area (Å²) in [5.41, 5.74) is 2.18. The molecule has 0 fully saturated rings. The van der Waals surface area contributed by atoms with Crippen molar-refractivity contribution in [3.63, 3.8) is 0 Å². The van der Waals surface area contributed by atoms with Gasteiger partial charge < -0.3 is 5.11 Å². The van der Waals surface area contributed by atoms with Crippen molar-refractivity contribution in [3.8, 4) is 0 Å². The minimum Gasteiger partial charge on any atom is -0.385 e. The van der Waals surface area contributed by atoms with E-state index in [4.69, 9.17) is 0 Å². The third kappa shape index (κ3) is 2.92. The van der Waals surface area contributed by atoms with Crippen molar-refractivity contribution in [3.05, 3.63) is 65.5 Å². The first kappa shape index (κ1) is 11.8. The molecule has 1 N–H and O–H groups in total. The Kier molecular flexibility index (Phi) is 3.25. The molecule has 0 radical (unpaired) electrons. The topological polar surface area (TPSA) is 33.1 Å². The second-order valence-corrected chi connectivity index (χ2v) is 4.69. The van der Waals surface area contributed by atoms with E-state index < -0.39 is 5.60 Å². The van der Waals surface area contributed by atoms with Crippen LogP contribution in [0.25, 0.3) is 0 Å². The lowest BCUT2D eigenvalue weighted by atomic mass is 9.89. The van der Waals surface area contributed by atoms with Crippen molar-refractivity contribution in [2.45, 2.75) is 25.9 Å². The third-order valence-corrected chi connectivity index (χ3v) is 2.89. The lowest BCUT2D eigenvalue weighted by molar-refractivity contribution is 0.0572. The first-order valence-electron chi connectivity index (χ1n) is 5.76. The van der Waals surface area contributed by atoms with Crippen LogP contribution in [0.4, 0.5) is 0 Å². The molecule has 0 saturated heterocycles. The molecule has 0 saturated carbocycles. The number of pyridine rings is 1. The highest BCUT2D eigenvalue weighted by molar-refractivity contribution is 5.26. The molecule has 0 aliphatic heterocycles. The first-order chi connectivity index (χ1) is 8.08. The Morgan fingerprint density at radius 1 is 1.18 bits per heavy atom. The molecule has 0 aliphatic rings. The highest BCUT2D eigenvalue weighted by Gasteiger charge is 2.23.